The Morgan fingerprint density at radius 3 is 2.44 bits per heavy atom. The first-order chi connectivity index (χ1) is 21.6. The first-order valence-corrected chi connectivity index (χ1v) is 15.1. The van der Waals surface area contributed by atoms with Gasteiger partial charge in [0.25, 0.3) is 0 Å². The number of Topliss-reactive ketones (excluding diaryl/α,β-unsaturated/α-hetero) is 1. The minimum atomic E-state index is -1.37. The predicted molar refractivity (Wildman–Crippen MR) is 173 cm³/mol. The van der Waals surface area contributed by atoms with E-state index in [1.54, 1.807) is 60.4 Å². The van der Waals surface area contributed by atoms with Crippen molar-refractivity contribution >= 4 is 57.4 Å². The number of halogens is 3. The van der Waals surface area contributed by atoms with Crippen LogP contribution in [0.4, 0.5) is 10.1 Å². The maximum absolute atomic E-state index is 14.7. The molecule has 2 atom stereocenters. The van der Waals surface area contributed by atoms with Crippen molar-refractivity contribution < 1.29 is 18.8 Å². The van der Waals surface area contributed by atoms with Crippen molar-refractivity contribution in [3.05, 3.63) is 101 Å². The number of hydrogen-bond acceptors (Lipinski definition) is 5. The van der Waals surface area contributed by atoms with Crippen molar-refractivity contribution in [1.29, 1.82) is 0 Å². The Hall–Kier alpha value is -4.60. The second kappa shape index (κ2) is 12.4. The zero-order valence-corrected chi connectivity index (χ0v) is 25.9. The number of ketones is 1. The molecule has 0 spiro atoms. The van der Waals surface area contributed by atoms with Crippen LogP contribution in [0.2, 0.25) is 10.0 Å². The second-order valence-electron chi connectivity index (χ2n) is 11.0. The Morgan fingerprint density at radius 2 is 1.71 bits per heavy atom. The zero-order valence-electron chi connectivity index (χ0n) is 24.4. The second-order valence-corrected chi connectivity index (χ2v) is 11.8. The minimum Gasteiger partial charge on any atom is -0.337 e. The summed E-state index contributed by atoms with van der Waals surface area (Å²) in [5.74, 6) is -0.517. The van der Waals surface area contributed by atoms with Crippen molar-refractivity contribution in [2.45, 2.75) is 39.0 Å². The van der Waals surface area contributed by atoms with E-state index in [9.17, 15) is 18.8 Å². The lowest BCUT2D eigenvalue weighted by atomic mass is 10.0. The van der Waals surface area contributed by atoms with Gasteiger partial charge in [0.1, 0.15) is 24.6 Å². The summed E-state index contributed by atoms with van der Waals surface area (Å²) < 4.78 is 16.4. The number of benzene rings is 3. The molecular formula is C34H28Cl2FN5O3. The molecule has 2 aromatic heterocycles. The fraction of sp³-hybridized carbons (Fsp3) is 0.206. The highest BCUT2D eigenvalue weighted by Gasteiger charge is 2.40. The van der Waals surface area contributed by atoms with Crippen LogP contribution in [-0.4, -0.2) is 55.8 Å². The van der Waals surface area contributed by atoms with Gasteiger partial charge in [0.2, 0.25) is 11.8 Å². The van der Waals surface area contributed by atoms with E-state index in [0.29, 0.717) is 44.1 Å². The van der Waals surface area contributed by atoms with Crippen LogP contribution >= 0.6 is 23.2 Å². The standard InChI is InChI=1S/C34H28Cl2FN5O3/c1-19(43)27-17-41(30-11-10-21(12-26(27)30)22-14-38-20(2)39-15-22)18-32(44)42-16-23(37)13-31(42)34(45)40-29-9-5-7-25(33(29)36)24-6-3-4-8-28(24)35/h3-12,14-15,17,23,31H,13,16,18H2,1-2H3,(H,40,45). The van der Waals surface area contributed by atoms with E-state index in [1.807, 2.05) is 30.3 Å². The molecular weight excluding hydrogens is 616 g/mol. The molecule has 2 amide bonds. The van der Waals surface area contributed by atoms with E-state index in [1.165, 1.54) is 11.8 Å². The van der Waals surface area contributed by atoms with Crippen LogP contribution in [0.15, 0.2) is 79.3 Å². The van der Waals surface area contributed by atoms with E-state index < -0.39 is 24.0 Å². The normalized spacial score (nSPS) is 16.2. The summed E-state index contributed by atoms with van der Waals surface area (Å²) in [5.41, 5.74) is 4.36. The summed E-state index contributed by atoms with van der Waals surface area (Å²) in [5, 5.41) is 4.23. The van der Waals surface area contributed by atoms with Gasteiger partial charge in [-0.3, -0.25) is 14.4 Å². The van der Waals surface area contributed by atoms with Gasteiger partial charge >= 0.3 is 0 Å². The molecule has 45 heavy (non-hydrogen) atoms. The maximum Gasteiger partial charge on any atom is 0.247 e. The molecule has 1 aliphatic rings. The van der Waals surface area contributed by atoms with Crippen LogP contribution < -0.4 is 5.32 Å². The lowest BCUT2D eigenvalue weighted by Crippen LogP contribution is -2.44. The van der Waals surface area contributed by atoms with Gasteiger partial charge in [-0.25, -0.2) is 14.4 Å². The lowest BCUT2D eigenvalue weighted by Gasteiger charge is -2.24. The van der Waals surface area contributed by atoms with E-state index in [2.05, 4.69) is 15.3 Å². The maximum atomic E-state index is 14.7. The van der Waals surface area contributed by atoms with Crippen molar-refractivity contribution in [2.24, 2.45) is 0 Å². The Balaban J connectivity index is 1.25. The van der Waals surface area contributed by atoms with Gasteiger partial charge in [0.05, 0.1) is 17.3 Å². The third kappa shape index (κ3) is 6.06. The summed E-state index contributed by atoms with van der Waals surface area (Å²) in [4.78, 5) is 49.4. The first kappa shape index (κ1) is 30.4. The molecule has 0 aliphatic carbocycles. The van der Waals surface area contributed by atoms with E-state index in [-0.39, 0.29) is 30.3 Å². The highest BCUT2D eigenvalue weighted by atomic mass is 35.5. The van der Waals surface area contributed by atoms with Crippen molar-refractivity contribution in [2.75, 3.05) is 11.9 Å². The summed E-state index contributed by atoms with van der Waals surface area (Å²) in [6.07, 6.45) is 3.53. The van der Waals surface area contributed by atoms with E-state index in [0.717, 1.165) is 11.1 Å². The van der Waals surface area contributed by atoms with Gasteiger partial charge in [-0.2, -0.15) is 0 Å². The molecule has 1 aliphatic heterocycles. The largest absolute Gasteiger partial charge is 0.337 e. The number of carbonyl (C=O) groups is 3. The molecule has 1 saturated heterocycles. The Bertz CT molecular complexity index is 1960. The molecule has 1 N–H and O–H groups in total. The smallest absolute Gasteiger partial charge is 0.247 e. The minimum absolute atomic E-state index is 0.146. The first-order valence-electron chi connectivity index (χ1n) is 14.3. The number of carbonyl (C=O) groups excluding carboxylic acids is 3. The molecule has 8 nitrogen and oxygen atoms in total. The van der Waals surface area contributed by atoms with Crippen molar-refractivity contribution in [3.63, 3.8) is 0 Å². The van der Waals surface area contributed by atoms with Gasteiger partial charge in [-0.05, 0) is 43.7 Å². The number of rotatable bonds is 7. The van der Waals surface area contributed by atoms with Gasteiger partial charge in [0.15, 0.2) is 5.78 Å². The molecule has 3 heterocycles. The molecule has 6 rings (SSSR count). The predicted octanol–water partition coefficient (Wildman–Crippen LogP) is 7.16. The van der Waals surface area contributed by atoms with Crippen LogP contribution in [0.1, 0.15) is 29.5 Å². The molecule has 228 valence electrons. The van der Waals surface area contributed by atoms with E-state index >= 15 is 0 Å². The number of amides is 2. The third-order valence-corrected chi connectivity index (χ3v) is 8.71. The topological polar surface area (TPSA) is 97.2 Å². The monoisotopic (exact) mass is 643 g/mol. The molecule has 11 heteroatoms. The van der Waals surface area contributed by atoms with Gasteiger partial charge in [-0.1, -0.05) is 59.6 Å². The van der Waals surface area contributed by atoms with E-state index in [4.69, 9.17) is 23.2 Å². The number of aromatic nitrogens is 3. The molecule has 1 fully saturated rings. The number of hydrogen-bond donors (Lipinski definition) is 1. The lowest BCUT2D eigenvalue weighted by molar-refractivity contribution is -0.137. The molecule has 2 unspecified atom stereocenters. The molecule has 0 saturated carbocycles. The van der Waals surface area contributed by atoms with Crippen molar-refractivity contribution in [1.82, 2.24) is 19.4 Å². The van der Waals surface area contributed by atoms with Gasteiger partial charge < -0.3 is 14.8 Å². The number of nitrogens with zero attached hydrogens (tertiary/aromatic N) is 4. The van der Waals surface area contributed by atoms with Crippen LogP contribution in [0.25, 0.3) is 33.2 Å². The highest BCUT2D eigenvalue weighted by molar-refractivity contribution is 6.38. The SMILES string of the molecule is CC(=O)c1cn(CC(=O)N2CC(F)CC2C(=O)Nc2cccc(-c3ccccc3Cl)c2Cl)c2ccc(-c3cnc(C)nc3)cc12. The molecule has 0 bridgehead atoms. The average molecular weight is 645 g/mol. The number of likely N-dealkylation sites (tertiary alicyclic amines) is 1. The Morgan fingerprint density at radius 1 is 0.978 bits per heavy atom. The number of nitrogens with one attached hydrogen (secondary N) is 1. The fourth-order valence-corrected chi connectivity index (χ4v) is 6.22. The van der Waals surface area contributed by atoms with Crippen molar-refractivity contribution in [3.8, 4) is 22.3 Å². The van der Waals surface area contributed by atoms with Crippen LogP contribution in [0.5, 0.6) is 0 Å². The van der Waals surface area contributed by atoms with Gasteiger partial charge in [0, 0.05) is 63.2 Å². The number of aryl methyl sites for hydroxylation is 1. The van der Waals surface area contributed by atoms with Crippen LogP contribution in [0.3, 0.4) is 0 Å². The highest BCUT2D eigenvalue weighted by Crippen LogP contribution is 2.37. The summed E-state index contributed by atoms with van der Waals surface area (Å²) >= 11 is 13.0. The number of fused-ring (bicyclic) bond motifs is 1. The fourth-order valence-electron chi connectivity index (χ4n) is 5.71. The third-order valence-electron chi connectivity index (χ3n) is 7.97. The Kier molecular flexibility index (Phi) is 8.40. The van der Waals surface area contributed by atoms with Crippen LogP contribution in [-0.2, 0) is 16.1 Å². The Labute approximate surface area is 268 Å². The summed E-state index contributed by atoms with van der Waals surface area (Å²) in [6, 6.07) is 16.9. The quantitative estimate of drug-likeness (QED) is 0.190. The number of alkyl halides is 1. The summed E-state index contributed by atoms with van der Waals surface area (Å²) in [6.45, 7) is 2.85. The average Bonchev–Trinajstić information content (AvgIpc) is 3.59. The summed E-state index contributed by atoms with van der Waals surface area (Å²) in [7, 11) is 0. The molecule has 5 aromatic rings. The van der Waals surface area contributed by atoms with Crippen LogP contribution in [0, 0.1) is 6.92 Å². The van der Waals surface area contributed by atoms with Gasteiger partial charge in [-0.15, -0.1) is 0 Å². The molecule has 0 radical (unpaired) electrons. The zero-order chi connectivity index (χ0) is 31.8. The number of anilines is 1. The molecule has 3 aromatic carbocycles.